The maximum atomic E-state index is 14.0. The number of fused-ring (bicyclic) bond motifs is 4. The third-order valence-corrected chi connectivity index (χ3v) is 8.08. The molecule has 1 aromatic heterocycles. The maximum Gasteiger partial charge on any atom is 0.246 e. The highest BCUT2D eigenvalue weighted by atomic mass is 16.5. The van der Waals surface area contributed by atoms with Crippen molar-refractivity contribution >= 4 is 22.7 Å². The van der Waals surface area contributed by atoms with Crippen molar-refractivity contribution in [2.24, 2.45) is 0 Å². The van der Waals surface area contributed by atoms with Gasteiger partial charge in [-0.25, -0.2) is 0 Å². The summed E-state index contributed by atoms with van der Waals surface area (Å²) >= 11 is 0. The van der Waals surface area contributed by atoms with Crippen molar-refractivity contribution in [1.29, 1.82) is 0 Å². The number of ether oxygens (including phenoxy) is 3. The smallest absolute Gasteiger partial charge is 0.246 e. The normalized spacial score (nSPS) is 18.5. The van der Waals surface area contributed by atoms with Crippen LogP contribution in [0.3, 0.4) is 0 Å². The number of piperazine rings is 1. The molecule has 206 valence electrons. The van der Waals surface area contributed by atoms with Gasteiger partial charge in [0.1, 0.15) is 6.04 Å². The number of carbonyl (C=O) groups is 2. The molecule has 1 fully saturated rings. The van der Waals surface area contributed by atoms with Gasteiger partial charge >= 0.3 is 0 Å². The van der Waals surface area contributed by atoms with Crippen LogP contribution in [0.15, 0.2) is 66.7 Å². The largest absolute Gasteiger partial charge is 0.493 e. The molecule has 1 N–H and O–H groups in total. The molecule has 8 nitrogen and oxygen atoms in total. The van der Waals surface area contributed by atoms with Gasteiger partial charge in [-0.15, -0.1) is 0 Å². The van der Waals surface area contributed by atoms with Crippen LogP contribution in [0.1, 0.15) is 34.8 Å². The minimum absolute atomic E-state index is 0.0129. The Kier molecular flexibility index (Phi) is 6.84. The lowest BCUT2D eigenvalue weighted by Gasteiger charge is -2.47. The second-order valence-corrected chi connectivity index (χ2v) is 10.3. The Labute approximate surface area is 233 Å². The molecule has 0 radical (unpaired) electrons. The summed E-state index contributed by atoms with van der Waals surface area (Å²) in [5.74, 6) is 1.38. The minimum atomic E-state index is -0.603. The number of rotatable bonds is 8. The third-order valence-electron chi connectivity index (χ3n) is 8.08. The molecular formula is C32H33N3O5. The summed E-state index contributed by atoms with van der Waals surface area (Å²) in [5, 5.41) is 1.07. The third kappa shape index (κ3) is 4.33. The van der Waals surface area contributed by atoms with E-state index in [0.717, 1.165) is 40.6 Å². The fourth-order valence-electron chi connectivity index (χ4n) is 6.24. The summed E-state index contributed by atoms with van der Waals surface area (Å²) in [5.41, 5.74) is 4.95. The number of methoxy groups -OCH3 is 3. The van der Waals surface area contributed by atoms with Gasteiger partial charge in [-0.3, -0.25) is 9.59 Å². The number of para-hydroxylation sites is 1. The van der Waals surface area contributed by atoms with Crippen LogP contribution in [0, 0.1) is 0 Å². The first-order valence-electron chi connectivity index (χ1n) is 13.6. The summed E-state index contributed by atoms with van der Waals surface area (Å²) in [6.45, 7) is 0.597. The maximum absolute atomic E-state index is 14.0. The molecule has 3 heterocycles. The Balaban J connectivity index is 1.40. The van der Waals surface area contributed by atoms with Gasteiger partial charge in [0.05, 0.1) is 33.9 Å². The molecule has 2 unspecified atom stereocenters. The molecule has 0 saturated carbocycles. The fraction of sp³-hybridized carbons (Fsp3) is 0.312. The van der Waals surface area contributed by atoms with E-state index in [1.165, 1.54) is 5.56 Å². The highest BCUT2D eigenvalue weighted by Crippen LogP contribution is 2.47. The molecule has 4 aromatic rings. The molecule has 6 rings (SSSR count). The molecule has 2 aliphatic heterocycles. The highest BCUT2D eigenvalue weighted by molar-refractivity contribution is 5.97. The van der Waals surface area contributed by atoms with Gasteiger partial charge < -0.3 is 29.0 Å². The number of hydrogen-bond acceptors (Lipinski definition) is 5. The molecule has 40 heavy (non-hydrogen) atoms. The predicted octanol–water partition coefficient (Wildman–Crippen LogP) is 4.51. The van der Waals surface area contributed by atoms with Gasteiger partial charge in [-0.05, 0) is 47.7 Å². The van der Waals surface area contributed by atoms with Crippen molar-refractivity contribution in [2.45, 2.75) is 31.3 Å². The predicted molar refractivity (Wildman–Crippen MR) is 152 cm³/mol. The van der Waals surface area contributed by atoms with E-state index in [1.807, 2.05) is 48.5 Å². The molecule has 2 aliphatic rings. The van der Waals surface area contributed by atoms with Crippen LogP contribution in [-0.4, -0.2) is 67.1 Å². The topological polar surface area (TPSA) is 84.1 Å². The second-order valence-electron chi connectivity index (χ2n) is 10.3. The van der Waals surface area contributed by atoms with Gasteiger partial charge in [-0.1, -0.05) is 48.5 Å². The number of aromatic amines is 1. The second kappa shape index (κ2) is 10.6. The summed E-state index contributed by atoms with van der Waals surface area (Å²) < 4.78 is 16.8. The molecule has 0 aliphatic carbocycles. The van der Waals surface area contributed by atoms with Crippen molar-refractivity contribution in [2.75, 3.05) is 34.4 Å². The highest BCUT2D eigenvalue weighted by Gasteiger charge is 2.48. The number of H-pyrrole nitrogens is 1. The lowest BCUT2D eigenvalue weighted by atomic mass is 9.86. The van der Waals surface area contributed by atoms with E-state index in [-0.39, 0.29) is 18.4 Å². The van der Waals surface area contributed by atoms with E-state index in [4.69, 9.17) is 14.2 Å². The van der Waals surface area contributed by atoms with Crippen molar-refractivity contribution in [3.05, 3.63) is 89.1 Å². The van der Waals surface area contributed by atoms with Crippen LogP contribution < -0.4 is 14.2 Å². The first-order valence-corrected chi connectivity index (χ1v) is 13.6. The van der Waals surface area contributed by atoms with Crippen molar-refractivity contribution in [3.63, 3.8) is 0 Å². The van der Waals surface area contributed by atoms with Crippen molar-refractivity contribution in [1.82, 2.24) is 14.8 Å². The Hall–Kier alpha value is -4.46. The van der Waals surface area contributed by atoms with E-state index in [9.17, 15) is 9.59 Å². The molecule has 0 spiro atoms. The van der Waals surface area contributed by atoms with Crippen LogP contribution in [-0.2, 0) is 22.4 Å². The Morgan fingerprint density at radius 2 is 1.60 bits per heavy atom. The zero-order valence-electron chi connectivity index (χ0n) is 23.0. The number of amides is 2. The SMILES string of the molecule is COc1cc(C2c3[nH]c4ccccc4c3CC3C(=O)N(CCCc4ccccc4)CC(=O)N32)cc(OC)c1OC. The average molecular weight is 540 g/mol. The first-order chi connectivity index (χ1) is 19.5. The fourth-order valence-corrected chi connectivity index (χ4v) is 6.24. The molecule has 8 heteroatoms. The number of carbonyl (C=O) groups excluding carboxylic acids is 2. The average Bonchev–Trinajstić information content (AvgIpc) is 3.36. The Morgan fingerprint density at radius 3 is 2.30 bits per heavy atom. The van der Waals surface area contributed by atoms with E-state index in [1.54, 1.807) is 31.1 Å². The molecule has 0 bridgehead atoms. The number of hydrogen-bond donors (Lipinski definition) is 1. The first kappa shape index (κ1) is 25.8. The number of aromatic nitrogens is 1. The van der Waals surface area contributed by atoms with Crippen LogP contribution in [0.5, 0.6) is 17.2 Å². The van der Waals surface area contributed by atoms with Crippen molar-refractivity contribution < 1.29 is 23.8 Å². The molecule has 2 amide bonds. The van der Waals surface area contributed by atoms with E-state index >= 15 is 0 Å². The van der Waals surface area contributed by atoms with Gasteiger partial charge in [-0.2, -0.15) is 0 Å². The number of nitrogens with zero attached hydrogens (tertiary/aromatic N) is 2. The van der Waals surface area contributed by atoms with Gasteiger partial charge in [0, 0.05) is 29.6 Å². The van der Waals surface area contributed by atoms with Crippen LogP contribution in [0.2, 0.25) is 0 Å². The molecule has 1 saturated heterocycles. The summed E-state index contributed by atoms with van der Waals surface area (Å²) in [6.07, 6.45) is 2.11. The number of aryl methyl sites for hydroxylation is 1. The van der Waals surface area contributed by atoms with Crippen LogP contribution in [0.25, 0.3) is 10.9 Å². The number of nitrogens with one attached hydrogen (secondary N) is 1. The van der Waals surface area contributed by atoms with Crippen molar-refractivity contribution in [3.8, 4) is 17.2 Å². The minimum Gasteiger partial charge on any atom is -0.493 e. The van der Waals surface area contributed by atoms with Gasteiger partial charge in [0.15, 0.2) is 11.5 Å². The van der Waals surface area contributed by atoms with Crippen LogP contribution >= 0.6 is 0 Å². The van der Waals surface area contributed by atoms with Gasteiger partial charge in [0.25, 0.3) is 0 Å². The Morgan fingerprint density at radius 1 is 0.900 bits per heavy atom. The summed E-state index contributed by atoms with van der Waals surface area (Å²) in [4.78, 5) is 34.9. The molecule has 3 aromatic carbocycles. The molecule has 2 atom stereocenters. The summed E-state index contributed by atoms with van der Waals surface area (Å²) in [6, 6.07) is 20.9. The standard InChI is InChI=1S/C32H33N3O5/c1-38-26-16-21(17-27(39-2)31(26)40-3)30-29-23(22-13-7-8-14-24(22)33-29)18-25-32(37)34(19-28(36)35(25)30)15-9-12-20-10-5-4-6-11-20/h4-8,10-11,13-14,16-17,25,30,33H,9,12,15,18-19H2,1-3H3. The van der Waals surface area contributed by atoms with E-state index in [0.29, 0.717) is 30.2 Å². The van der Waals surface area contributed by atoms with Gasteiger partial charge in [0.2, 0.25) is 17.6 Å². The summed E-state index contributed by atoms with van der Waals surface area (Å²) in [7, 11) is 4.70. The van der Waals surface area contributed by atoms with E-state index < -0.39 is 12.1 Å². The monoisotopic (exact) mass is 539 g/mol. The van der Waals surface area contributed by atoms with E-state index in [2.05, 4.69) is 23.2 Å². The molecular weight excluding hydrogens is 506 g/mol. The quantitative estimate of drug-likeness (QED) is 0.356. The zero-order valence-corrected chi connectivity index (χ0v) is 23.0. The lowest BCUT2D eigenvalue weighted by Crippen LogP contribution is -2.63. The Bertz CT molecular complexity index is 1540. The zero-order chi connectivity index (χ0) is 27.8. The lowest BCUT2D eigenvalue weighted by molar-refractivity contribution is -0.158. The van der Waals surface area contributed by atoms with Crippen LogP contribution in [0.4, 0.5) is 0 Å². The number of benzene rings is 3.